The normalized spacial score (nSPS) is 15.0. The van der Waals surface area contributed by atoms with E-state index in [0.717, 1.165) is 59.4 Å². The lowest BCUT2D eigenvalue weighted by Gasteiger charge is -2.20. The van der Waals surface area contributed by atoms with Crippen LogP contribution >= 0.6 is 11.8 Å². The van der Waals surface area contributed by atoms with Crippen molar-refractivity contribution < 1.29 is 14.2 Å². The van der Waals surface area contributed by atoms with Gasteiger partial charge in [-0.25, -0.2) is 0 Å². The van der Waals surface area contributed by atoms with Crippen LogP contribution in [-0.4, -0.2) is 34.1 Å². The second-order valence-electron chi connectivity index (χ2n) is 7.36. The number of ether oxygens (including phenoxy) is 3. The molecule has 162 valence electrons. The third-order valence-corrected chi connectivity index (χ3v) is 6.42. The van der Waals surface area contributed by atoms with Gasteiger partial charge in [0, 0.05) is 11.6 Å². The zero-order chi connectivity index (χ0) is 21.7. The quantitative estimate of drug-likeness (QED) is 0.479. The van der Waals surface area contributed by atoms with Crippen LogP contribution in [0.2, 0.25) is 0 Å². The summed E-state index contributed by atoms with van der Waals surface area (Å²) in [7, 11) is 4.90. The molecule has 0 unspecified atom stereocenters. The Labute approximate surface area is 183 Å². The minimum Gasteiger partial charge on any atom is -0.493 e. The molecular formula is C24H31NO4S. The Morgan fingerprint density at radius 1 is 1.10 bits per heavy atom. The highest BCUT2D eigenvalue weighted by molar-refractivity contribution is 7.98. The van der Waals surface area contributed by atoms with Crippen molar-refractivity contribution in [2.45, 2.75) is 43.5 Å². The molecule has 2 aromatic rings. The predicted octanol–water partition coefficient (Wildman–Crippen LogP) is 4.84. The van der Waals surface area contributed by atoms with E-state index in [-0.39, 0.29) is 11.5 Å². The fraction of sp³-hybridized carbons (Fsp3) is 0.458. The summed E-state index contributed by atoms with van der Waals surface area (Å²) in [6, 6.07) is 7.90. The molecule has 3 rings (SSSR count). The molecule has 0 heterocycles. The summed E-state index contributed by atoms with van der Waals surface area (Å²) in [5, 5.41) is 3.68. The molecule has 0 saturated carbocycles. The van der Waals surface area contributed by atoms with Gasteiger partial charge < -0.3 is 19.5 Å². The molecule has 1 aliphatic carbocycles. The summed E-state index contributed by atoms with van der Waals surface area (Å²) in [4.78, 5) is 13.6. The molecule has 0 saturated heterocycles. The van der Waals surface area contributed by atoms with Crippen LogP contribution in [0.15, 0.2) is 34.0 Å². The Morgan fingerprint density at radius 3 is 2.50 bits per heavy atom. The molecule has 5 nitrogen and oxygen atoms in total. The topological polar surface area (TPSA) is 56.8 Å². The first-order chi connectivity index (χ1) is 14.6. The van der Waals surface area contributed by atoms with E-state index in [1.807, 2.05) is 18.4 Å². The highest BCUT2D eigenvalue weighted by Gasteiger charge is 2.28. The van der Waals surface area contributed by atoms with Gasteiger partial charge in [-0.05, 0) is 67.0 Å². The van der Waals surface area contributed by atoms with Crippen molar-refractivity contribution in [1.29, 1.82) is 0 Å². The Bertz CT molecular complexity index is 961. The van der Waals surface area contributed by atoms with Gasteiger partial charge in [-0.1, -0.05) is 19.4 Å². The monoisotopic (exact) mass is 429 g/mol. The first kappa shape index (κ1) is 22.5. The van der Waals surface area contributed by atoms with Crippen molar-refractivity contribution in [3.63, 3.8) is 0 Å². The maximum atomic E-state index is 12.9. The summed E-state index contributed by atoms with van der Waals surface area (Å²) in [5.41, 5.74) is 4.18. The van der Waals surface area contributed by atoms with Gasteiger partial charge in [0.05, 0.1) is 26.2 Å². The van der Waals surface area contributed by atoms with Gasteiger partial charge in [-0.15, -0.1) is 11.8 Å². The lowest BCUT2D eigenvalue weighted by atomic mass is 9.95. The molecule has 0 fully saturated rings. The number of nitrogens with one attached hydrogen (secondary N) is 1. The maximum absolute atomic E-state index is 12.9. The molecular weight excluding hydrogens is 398 g/mol. The van der Waals surface area contributed by atoms with E-state index in [0.29, 0.717) is 17.2 Å². The zero-order valence-corrected chi connectivity index (χ0v) is 19.3. The van der Waals surface area contributed by atoms with E-state index in [9.17, 15) is 4.79 Å². The van der Waals surface area contributed by atoms with E-state index in [4.69, 9.17) is 14.2 Å². The molecule has 1 aliphatic rings. The number of benzene rings is 1. The highest BCUT2D eigenvalue weighted by atomic mass is 32.2. The summed E-state index contributed by atoms with van der Waals surface area (Å²) in [6.07, 6.45) is 5.89. The van der Waals surface area contributed by atoms with E-state index in [1.54, 1.807) is 27.4 Å². The van der Waals surface area contributed by atoms with Gasteiger partial charge in [0.25, 0.3) is 0 Å². The number of methoxy groups -OCH3 is 3. The van der Waals surface area contributed by atoms with Crippen LogP contribution in [0.25, 0.3) is 11.1 Å². The van der Waals surface area contributed by atoms with Crippen molar-refractivity contribution >= 4 is 11.8 Å². The average molecular weight is 430 g/mol. The van der Waals surface area contributed by atoms with Crippen LogP contribution in [0.4, 0.5) is 0 Å². The molecule has 1 atom stereocenters. The molecule has 0 aliphatic heterocycles. The Kier molecular flexibility index (Phi) is 7.67. The molecule has 2 aromatic carbocycles. The third-order valence-electron chi connectivity index (χ3n) is 5.64. The summed E-state index contributed by atoms with van der Waals surface area (Å²) in [6.45, 7) is 3.10. The van der Waals surface area contributed by atoms with Crippen LogP contribution in [0.3, 0.4) is 0 Å². The second-order valence-corrected chi connectivity index (χ2v) is 8.21. The van der Waals surface area contributed by atoms with E-state index < -0.39 is 0 Å². The number of thioether (sulfide) groups is 1. The average Bonchev–Trinajstić information content (AvgIpc) is 3.01. The fourth-order valence-corrected chi connectivity index (χ4v) is 4.60. The zero-order valence-electron chi connectivity index (χ0n) is 18.5. The first-order valence-electron chi connectivity index (χ1n) is 10.4. The molecule has 30 heavy (non-hydrogen) atoms. The minimum atomic E-state index is 0.0499. The van der Waals surface area contributed by atoms with Crippen molar-refractivity contribution in [2.24, 2.45) is 0 Å². The molecule has 0 aromatic heterocycles. The van der Waals surface area contributed by atoms with Crippen LogP contribution in [-0.2, 0) is 6.42 Å². The fourth-order valence-electron chi connectivity index (χ4n) is 4.13. The Hall–Kier alpha value is -2.18. The van der Waals surface area contributed by atoms with Gasteiger partial charge in [0.2, 0.25) is 5.75 Å². The number of aryl methyl sites for hydroxylation is 1. The standard InChI is InChI=1S/C24H31NO4S/c1-6-7-12-25-18-10-8-15-13-20(27-2)23(28-3)24(29-4)22(15)16-9-11-21(30-5)19(26)14-17(16)18/h9,11,13-14,18,25H,6-8,10,12H2,1-5H3/t18-/m0/s1. The number of rotatable bonds is 8. The molecule has 0 radical (unpaired) electrons. The van der Waals surface area contributed by atoms with E-state index in [2.05, 4.69) is 18.3 Å². The van der Waals surface area contributed by atoms with Crippen LogP contribution < -0.4 is 25.0 Å². The Morgan fingerprint density at radius 2 is 1.87 bits per heavy atom. The number of fused-ring (bicyclic) bond motifs is 3. The van der Waals surface area contributed by atoms with Gasteiger partial charge in [0.15, 0.2) is 16.9 Å². The van der Waals surface area contributed by atoms with E-state index in [1.165, 1.54) is 11.8 Å². The summed E-state index contributed by atoms with van der Waals surface area (Å²) < 4.78 is 17.1. The Balaban J connectivity index is 2.31. The molecule has 0 spiro atoms. The SMILES string of the molecule is CCCCN[C@H]1CCc2cc(OC)c(OC)c(OC)c2-c2ccc(SC)c(=O)cc21. The number of hydrogen-bond donors (Lipinski definition) is 1. The number of hydrogen-bond acceptors (Lipinski definition) is 6. The molecule has 1 N–H and O–H groups in total. The van der Waals surface area contributed by atoms with Crippen LogP contribution in [0.1, 0.15) is 43.4 Å². The van der Waals surface area contributed by atoms with Crippen molar-refractivity contribution in [1.82, 2.24) is 5.32 Å². The summed E-state index contributed by atoms with van der Waals surface area (Å²) >= 11 is 1.47. The van der Waals surface area contributed by atoms with Crippen molar-refractivity contribution in [2.75, 3.05) is 34.1 Å². The minimum absolute atomic E-state index is 0.0499. The molecule has 0 bridgehead atoms. The third kappa shape index (κ3) is 4.30. The highest BCUT2D eigenvalue weighted by Crippen LogP contribution is 2.50. The smallest absolute Gasteiger partial charge is 0.203 e. The number of unbranched alkanes of at least 4 members (excludes halogenated alkanes) is 1. The van der Waals surface area contributed by atoms with Gasteiger partial charge in [-0.2, -0.15) is 0 Å². The molecule has 0 amide bonds. The lowest BCUT2D eigenvalue weighted by Crippen LogP contribution is -2.23. The lowest BCUT2D eigenvalue weighted by molar-refractivity contribution is 0.324. The molecule has 6 heteroatoms. The van der Waals surface area contributed by atoms with Crippen molar-refractivity contribution in [3.05, 3.63) is 45.6 Å². The summed E-state index contributed by atoms with van der Waals surface area (Å²) in [5.74, 6) is 1.87. The van der Waals surface area contributed by atoms with Crippen molar-refractivity contribution in [3.8, 4) is 28.4 Å². The van der Waals surface area contributed by atoms with Gasteiger partial charge in [0.1, 0.15) is 0 Å². The largest absolute Gasteiger partial charge is 0.493 e. The predicted molar refractivity (Wildman–Crippen MR) is 124 cm³/mol. The second kappa shape index (κ2) is 10.2. The first-order valence-corrected chi connectivity index (χ1v) is 11.6. The maximum Gasteiger partial charge on any atom is 0.203 e. The van der Waals surface area contributed by atoms with Crippen LogP contribution in [0, 0.1) is 0 Å². The van der Waals surface area contributed by atoms with Gasteiger partial charge in [-0.3, -0.25) is 4.79 Å². The van der Waals surface area contributed by atoms with Gasteiger partial charge >= 0.3 is 0 Å². The van der Waals surface area contributed by atoms with E-state index >= 15 is 0 Å². The van der Waals surface area contributed by atoms with Crippen LogP contribution in [0.5, 0.6) is 17.2 Å².